The van der Waals surface area contributed by atoms with Crippen LogP contribution in [0, 0.1) is 11.6 Å². The topological polar surface area (TPSA) is 137 Å². The van der Waals surface area contributed by atoms with Crippen molar-refractivity contribution in [3.8, 4) is 5.75 Å². The number of benzene rings is 2. The Morgan fingerprint density at radius 3 is 2.17 bits per heavy atom. The predicted octanol–water partition coefficient (Wildman–Crippen LogP) is 4.84. The van der Waals surface area contributed by atoms with Crippen molar-refractivity contribution in [1.29, 1.82) is 0 Å². The lowest BCUT2D eigenvalue weighted by Crippen LogP contribution is -2.53. The predicted molar refractivity (Wildman–Crippen MR) is 191 cm³/mol. The fourth-order valence-corrected chi connectivity index (χ4v) is 7.18. The second kappa shape index (κ2) is 16.3. The number of nitrogens with two attached hydrogens (primary N) is 2. The molecular formula is C36H46F5N9O3. The summed E-state index contributed by atoms with van der Waals surface area (Å²) in [6, 6.07) is 6.39. The number of hydrogen-bond donors (Lipinski definition) is 4. The quantitative estimate of drug-likeness (QED) is 0.0597. The summed E-state index contributed by atoms with van der Waals surface area (Å²) in [7, 11) is 0. The zero-order valence-electron chi connectivity index (χ0n) is 29.5. The molecule has 2 aromatic carbocycles. The number of hydrazine groups is 1. The minimum atomic E-state index is -4.70. The summed E-state index contributed by atoms with van der Waals surface area (Å²) in [6.45, 7) is 9.94. The summed E-state index contributed by atoms with van der Waals surface area (Å²) in [6.07, 6.45) is 0.0363. The van der Waals surface area contributed by atoms with Gasteiger partial charge in [-0.15, -0.1) is 0 Å². The van der Waals surface area contributed by atoms with Crippen molar-refractivity contribution in [2.45, 2.75) is 69.4 Å². The van der Waals surface area contributed by atoms with Gasteiger partial charge in [0.05, 0.1) is 24.0 Å². The van der Waals surface area contributed by atoms with Gasteiger partial charge in [0.25, 0.3) is 0 Å². The Labute approximate surface area is 305 Å². The Balaban J connectivity index is 1.29. The minimum Gasteiger partial charge on any atom is -0.479 e. The van der Waals surface area contributed by atoms with E-state index in [2.05, 4.69) is 32.1 Å². The van der Waals surface area contributed by atoms with Crippen molar-refractivity contribution in [2.24, 2.45) is 16.6 Å². The van der Waals surface area contributed by atoms with E-state index >= 15 is 0 Å². The van der Waals surface area contributed by atoms with Crippen LogP contribution in [-0.4, -0.2) is 96.8 Å². The molecule has 12 nitrogen and oxygen atoms in total. The summed E-state index contributed by atoms with van der Waals surface area (Å²) in [5.74, 6) is 3.32. The third kappa shape index (κ3) is 9.38. The minimum absolute atomic E-state index is 0.0539. The van der Waals surface area contributed by atoms with E-state index in [-0.39, 0.29) is 41.0 Å². The molecule has 6 N–H and O–H groups in total. The van der Waals surface area contributed by atoms with Crippen molar-refractivity contribution in [3.05, 3.63) is 72.1 Å². The molecule has 288 valence electrons. The number of hydrogen-bond acceptors (Lipinski definition) is 10. The van der Waals surface area contributed by atoms with Crippen LogP contribution in [-0.2, 0) is 9.63 Å². The smallest absolute Gasteiger partial charge is 0.425 e. The average molecular weight is 748 g/mol. The maximum atomic E-state index is 14.0. The van der Waals surface area contributed by atoms with Gasteiger partial charge in [-0.2, -0.15) is 13.2 Å². The highest BCUT2D eigenvalue weighted by atomic mass is 19.4. The summed E-state index contributed by atoms with van der Waals surface area (Å²) in [5, 5.41) is 4.05. The number of halogens is 5. The van der Waals surface area contributed by atoms with Crippen LogP contribution in [0.25, 0.3) is 0 Å². The molecule has 0 radical (unpaired) electrons. The van der Waals surface area contributed by atoms with Gasteiger partial charge in [-0.05, 0) is 62.4 Å². The number of piperazine rings is 1. The second-order valence-corrected chi connectivity index (χ2v) is 13.7. The summed E-state index contributed by atoms with van der Waals surface area (Å²) in [5.41, 5.74) is 9.68. The van der Waals surface area contributed by atoms with Crippen molar-refractivity contribution < 1.29 is 36.3 Å². The van der Waals surface area contributed by atoms with E-state index in [0.717, 1.165) is 64.1 Å². The van der Waals surface area contributed by atoms with Gasteiger partial charge in [0, 0.05) is 76.0 Å². The van der Waals surface area contributed by atoms with Crippen LogP contribution in [0.1, 0.15) is 50.6 Å². The second-order valence-electron chi connectivity index (χ2n) is 13.7. The Hall–Kier alpha value is -4.45. The summed E-state index contributed by atoms with van der Waals surface area (Å²) in [4.78, 5) is 29.8. The third-order valence-electron chi connectivity index (χ3n) is 10.1. The van der Waals surface area contributed by atoms with Crippen molar-refractivity contribution in [3.63, 3.8) is 0 Å². The molecule has 0 spiro atoms. The first-order valence-corrected chi connectivity index (χ1v) is 17.8. The highest BCUT2D eigenvalue weighted by Crippen LogP contribution is 2.42. The first-order valence-electron chi connectivity index (χ1n) is 17.8. The van der Waals surface area contributed by atoms with Crippen LogP contribution in [0.2, 0.25) is 0 Å². The molecule has 6 rings (SSSR count). The molecule has 3 heterocycles. The van der Waals surface area contributed by atoms with Crippen molar-refractivity contribution >= 4 is 28.8 Å². The average Bonchev–Trinajstić information content (AvgIpc) is 3.86. The van der Waals surface area contributed by atoms with Crippen LogP contribution >= 0.6 is 0 Å². The van der Waals surface area contributed by atoms with E-state index in [9.17, 15) is 26.7 Å². The van der Waals surface area contributed by atoms with Crippen LogP contribution in [0.4, 0.5) is 39.0 Å². The highest BCUT2D eigenvalue weighted by Gasteiger charge is 2.39. The first kappa shape index (κ1) is 38.3. The maximum absolute atomic E-state index is 14.0. The summed E-state index contributed by atoms with van der Waals surface area (Å²) >= 11 is 0. The normalized spacial score (nSPS) is 21.8. The fourth-order valence-electron chi connectivity index (χ4n) is 7.18. The maximum Gasteiger partial charge on any atom is 0.425 e. The molecule has 0 aromatic heterocycles. The van der Waals surface area contributed by atoms with Crippen LogP contribution in [0.5, 0.6) is 5.75 Å². The monoisotopic (exact) mass is 747 g/mol. The molecule has 1 amide bonds. The number of piperidine rings is 1. The lowest BCUT2D eigenvalue weighted by Gasteiger charge is -2.43. The molecule has 2 atom stereocenters. The van der Waals surface area contributed by atoms with Gasteiger partial charge in [-0.1, -0.05) is 6.58 Å². The van der Waals surface area contributed by atoms with E-state index in [0.29, 0.717) is 31.2 Å². The number of alkyl halides is 3. The standard InChI is InChI=1S/C36H46F5N9O3/c1-3-35(51)45-28-19-29(44-33(42)21-34(46-43)50-30(8-15-52-50)23-16-24(37)18-25(38)17-23)32(53-22(2)36(39,40)41)20-31(28)49-9-6-27(7-10-49)48-13-11-47(12-14-48)26-4-5-26/h3,16-22,26-27,30,46H,1,4-15,43H2,2H3,(H2,42,44)(H,45,51)/b34-21+/t22-,30-/m1/s1. The SMILES string of the molecule is C=CC(=O)Nc1cc(N=C(N)/C=C(\NN)N2OCC[C@@H]2c2cc(F)cc(F)c2)c(O[C@H](C)C(F)(F)F)cc1N1CCC(N2CCN(C3CC3)CC2)CC1. The van der Waals surface area contributed by atoms with Gasteiger partial charge in [0.2, 0.25) is 5.91 Å². The molecule has 4 aliphatic rings. The number of rotatable bonds is 12. The molecule has 1 aliphatic carbocycles. The first-order chi connectivity index (χ1) is 25.3. The number of aliphatic imine (C=N–C) groups is 1. The van der Waals surface area contributed by atoms with E-state index in [1.165, 1.54) is 48.2 Å². The number of carbonyl (C=O) groups excluding carboxylic acids is 1. The zero-order valence-corrected chi connectivity index (χ0v) is 29.5. The molecule has 4 fully saturated rings. The number of nitrogens with zero attached hydrogens (tertiary/aromatic N) is 5. The number of carbonyl (C=O) groups is 1. The molecule has 0 bridgehead atoms. The van der Waals surface area contributed by atoms with E-state index in [1.54, 1.807) is 0 Å². The number of hydroxylamine groups is 2. The van der Waals surface area contributed by atoms with Crippen molar-refractivity contribution in [2.75, 3.05) is 56.1 Å². The molecule has 0 unspecified atom stereocenters. The number of amides is 1. The van der Waals surface area contributed by atoms with Gasteiger partial charge in [0.15, 0.2) is 6.10 Å². The van der Waals surface area contributed by atoms with E-state index in [1.807, 2.05) is 4.90 Å². The van der Waals surface area contributed by atoms with Gasteiger partial charge in [0.1, 0.15) is 34.7 Å². The van der Waals surface area contributed by atoms with E-state index in [4.69, 9.17) is 21.2 Å². The Kier molecular flexibility index (Phi) is 11.8. The van der Waals surface area contributed by atoms with Gasteiger partial charge in [-0.25, -0.2) is 24.7 Å². The van der Waals surface area contributed by atoms with E-state index < -0.39 is 35.9 Å². The number of anilines is 2. The van der Waals surface area contributed by atoms with Crippen molar-refractivity contribution in [1.82, 2.24) is 20.3 Å². The lowest BCUT2D eigenvalue weighted by atomic mass is 10.0. The molecule has 2 aromatic rings. The molecule has 17 heteroatoms. The fraction of sp³-hybridized carbons (Fsp3) is 0.500. The molecule has 53 heavy (non-hydrogen) atoms. The van der Waals surface area contributed by atoms with Gasteiger partial charge >= 0.3 is 6.18 Å². The number of amidine groups is 1. The molecular weight excluding hydrogens is 701 g/mol. The van der Waals surface area contributed by atoms with Crippen LogP contribution in [0.15, 0.2) is 59.9 Å². The van der Waals surface area contributed by atoms with Crippen LogP contribution in [0.3, 0.4) is 0 Å². The highest BCUT2D eigenvalue weighted by molar-refractivity contribution is 6.02. The number of ether oxygens (including phenoxy) is 1. The van der Waals surface area contributed by atoms with Crippen LogP contribution < -0.4 is 32.0 Å². The largest absolute Gasteiger partial charge is 0.479 e. The Morgan fingerprint density at radius 1 is 0.981 bits per heavy atom. The zero-order chi connectivity index (χ0) is 37.9. The lowest BCUT2D eigenvalue weighted by molar-refractivity contribution is -0.189. The Bertz CT molecular complexity index is 1680. The number of nitrogens with one attached hydrogen (secondary N) is 2. The Morgan fingerprint density at radius 2 is 1.60 bits per heavy atom. The summed E-state index contributed by atoms with van der Waals surface area (Å²) < 4.78 is 75.0. The molecule has 3 saturated heterocycles. The molecule has 3 aliphatic heterocycles. The van der Waals surface area contributed by atoms with Gasteiger partial charge in [-0.3, -0.25) is 19.4 Å². The van der Waals surface area contributed by atoms with Gasteiger partial charge < -0.3 is 26.1 Å². The third-order valence-corrected chi connectivity index (χ3v) is 10.1. The molecule has 1 saturated carbocycles.